The molecule has 0 unspecified atom stereocenters. The number of carbonyl (C=O) groups is 1. The van der Waals surface area contributed by atoms with Gasteiger partial charge in [-0.1, -0.05) is 22.9 Å². The van der Waals surface area contributed by atoms with Crippen LogP contribution in [0.3, 0.4) is 0 Å². The summed E-state index contributed by atoms with van der Waals surface area (Å²) in [5.41, 5.74) is 0.717. The summed E-state index contributed by atoms with van der Waals surface area (Å²) in [6.07, 6.45) is 0.695. The van der Waals surface area contributed by atoms with Gasteiger partial charge < -0.3 is 9.30 Å². The van der Waals surface area contributed by atoms with Crippen molar-refractivity contribution in [3.63, 3.8) is 0 Å². The summed E-state index contributed by atoms with van der Waals surface area (Å²) in [4.78, 5) is 17.8. The Balaban J connectivity index is 1.57. The average Bonchev–Trinajstić information content (AvgIpc) is 3.42. The first kappa shape index (κ1) is 27.4. The molecule has 3 aromatic rings. The van der Waals surface area contributed by atoms with Crippen LogP contribution in [0, 0.1) is 5.92 Å². The summed E-state index contributed by atoms with van der Waals surface area (Å²) in [7, 11) is -7.53. The second-order valence-electron chi connectivity index (χ2n) is 8.09. The Morgan fingerprint density at radius 1 is 1.17 bits per heavy atom. The first-order chi connectivity index (χ1) is 17.0. The molecule has 1 aliphatic heterocycles. The highest BCUT2D eigenvalue weighted by Gasteiger charge is 2.33. The lowest BCUT2D eigenvalue weighted by Gasteiger charge is -2.29. The first-order valence-electron chi connectivity index (χ1n) is 11.1. The van der Waals surface area contributed by atoms with Gasteiger partial charge in [0, 0.05) is 32.2 Å². The van der Waals surface area contributed by atoms with Crippen molar-refractivity contribution in [1.29, 1.82) is 0 Å². The van der Waals surface area contributed by atoms with Gasteiger partial charge in [-0.05, 0) is 50.1 Å². The molecule has 0 aliphatic carbocycles. The molecule has 1 aliphatic rings. The van der Waals surface area contributed by atoms with Gasteiger partial charge in [0.2, 0.25) is 10.0 Å². The van der Waals surface area contributed by atoms with Gasteiger partial charge in [0.1, 0.15) is 4.21 Å². The Morgan fingerprint density at radius 3 is 2.50 bits per heavy atom. The normalized spacial score (nSPS) is 16.7. The van der Waals surface area contributed by atoms with Crippen LogP contribution in [0.1, 0.15) is 19.8 Å². The van der Waals surface area contributed by atoms with E-state index in [0.29, 0.717) is 52.0 Å². The number of primary sulfonamides is 1. The topological polar surface area (TPSA) is 141 Å². The number of piperidine rings is 1. The van der Waals surface area contributed by atoms with Crippen molar-refractivity contribution in [1.82, 2.24) is 8.87 Å². The fourth-order valence-corrected chi connectivity index (χ4v) is 8.75. The minimum Gasteiger partial charge on any atom is -0.380 e. The van der Waals surface area contributed by atoms with E-state index in [1.165, 1.54) is 33.8 Å². The average molecular weight is 593 g/mol. The Bertz CT molecular complexity index is 1550. The number of halogens is 1. The van der Waals surface area contributed by atoms with E-state index in [0.717, 1.165) is 11.3 Å². The largest absolute Gasteiger partial charge is 0.380 e. The van der Waals surface area contributed by atoms with Gasteiger partial charge in [0.05, 0.1) is 26.1 Å². The van der Waals surface area contributed by atoms with E-state index >= 15 is 0 Å². The molecule has 36 heavy (non-hydrogen) atoms. The zero-order valence-corrected chi connectivity index (χ0v) is 23.3. The minimum absolute atomic E-state index is 0.0216. The van der Waals surface area contributed by atoms with Gasteiger partial charge in [-0.3, -0.25) is 4.79 Å². The predicted octanol–water partition coefficient (Wildman–Crippen LogP) is 2.63. The number of nitrogens with zero attached hydrogens (tertiary/aromatic N) is 3. The number of sulfonamides is 2. The van der Waals surface area contributed by atoms with Crippen LogP contribution < -0.4 is 9.94 Å². The monoisotopic (exact) mass is 592 g/mol. The number of ether oxygens (including phenoxy) is 1. The van der Waals surface area contributed by atoms with E-state index in [1.54, 1.807) is 12.1 Å². The van der Waals surface area contributed by atoms with E-state index in [1.807, 2.05) is 11.5 Å². The van der Waals surface area contributed by atoms with E-state index in [9.17, 15) is 21.6 Å². The molecule has 2 aromatic heterocycles. The van der Waals surface area contributed by atoms with E-state index in [2.05, 4.69) is 4.99 Å². The molecule has 196 valence electrons. The van der Waals surface area contributed by atoms with Crippen molar-refractivity contribution in [3.8, 4) is 0 Å². The fraction of sp³-hybridized carbons (Fsp3) is 0.429. The number of hydrogen-bond donors (Lipinski definition) is 1. The molecule has 1 saturated heterocycles. The molecule has 0 saturated carbocycles. The van der Waals surface area contributed by atoms with Crippen LogP contribution in [0.15, 0.2) is 44.4 Å². The van der Waals surface area contributed by atoms with Crippen molar-refractivity contribution in [3.05, 3.63) is 39.5 Å². The molecule has 2 N–H and O–H groups in total. The van der Waals surface area contributed by atoms with Gasteiger partial charge in [0.15, 0.2) is 4.80 Å². The number of thiazole rings is 1. The number of rotatable bonds is 8. The van der Waals surface area contributed by atoms with E-state index < -0.39 is 26.0 Å². The van der Waals surface area contributed by atoms with Gasteiger partial charge in [-0.15, -0.1) is 11.3 Å². The fourth-order valence-electron chi connectivity index (χ4n) is 3.92. The standard InChI is InChI=1S/C21H25ClN4O6S4/c1-2-32-12-11-26-16-4-3-15(35(23,28)29)13-17(16)33-21(26)24-20(27)14-7-9-25(10-8-14)36(30,31)19-6-5-18(22)34-19/h3-6,13-14H,2,7-12H2,1H3,(H2,23,28,29). The lowest BCUT2D eigenvalue weighted by Crippen LogP contribution is -2.40. The summed E-state index contributed by atoms with van der Waals surface area (Å²) in [5.74, 6) is -0.761. The highest BCUT2D eigenvalue weighted by atomic mass is 35.5. The molecule has 4 rings (SSSR count). The van der Waals surface area contributed by atoms with Crippen LogP contribution >= 0.6 is 34.3 Å². The summed E-state index contributed by atoms with van der Waals surface area (Å²) >= 11 is 8.09. The predicted molar refractivity (Wildman–Crippen MR) is 139 cm³/mol. The number of fused-ring (bicyclic) bond motifs is 1. The van der Waals surface area contributed by atoms with Crippen molar-refractivity contribution in [2.45, 2.75) is 35.4 Å². The summed E-state index contributed by atoms with van der Waals surface area (Å²) in [6.45, 7) is 3.64. The van der Waals surface area contributed by atoms with Crippen molar-refractivity contribution in [2.24, 2.45) is 16.0 Å². The summed E-state index contributed by atoms with van der Waals surface area (Å²) in [6, 6.07) is 7.56. The molecule has 0 spiro atoms. The first-order valence-corrected chi connectivity index (χ1v) is 16.1. The van der Waals surface area contributed by atoms with Crippen LogP contribution in [-0.4, -0.2) is 57.9 Å². The molecule has 0 radical (unpaired) electrons. The Hall–Kier alpha value is -1.65. The van der Waals surface area contributed by atoms with Crippen LogP contribution in [0.2, 0.25) is 4.34 Å². The van der Waals surface area contributed by atoms with Gasteiger partial charge in [0.25, 0.3) is 15.9 Å². The second-order valence-corrected chi connectivity index (χ2v) is 14.5. The Kier molecular flexibility index (Phi) is 8.36. The molecule has 0 bridgehead atoms. The third kappa shape index (κ3) is 5.91. The number of aromatic nitrogens is 1. The molecule has 1 aromatic carbocycles. The summed E-state index contributed by atoms with van der Waals surface area (Å²) in [5, 5.41) is 5.27. The lowest BCUT2D eigenvalue weighted by atomic mass is 9.98. The molecule has 1 fully saturated rings. The SMILES string of the molecule is CCOCCn1c(=NC(=O)C2CCN(S(=O)(=O)c3ccc(Cl)s3)CC2)sc2cc(S(N)(=O)=O)ccc21. The molecule has 10 nitrogen and oxygen atoms in total. The maximum atomic E-state index is 13.1. The number of nitrogens with two attached hydrogens (primary N) is 1. The minimum atomic E-state index is -3.88. The number of benzene rings is 1. The van der Waals surface area contributed by atoms with Crippen LogP contribution in [-0.2, 0) is 36.1 Å². The molecular weight excluding hydrogens is 568 g/mol. The summed E-state index contributed by atoms with van der Waals surface area (Å²) < 4.78 is 59.1. The highest BCUT2D eigenvalue weighted by Crippen LogP contribution is 2.31. The highest BCUT2D eigenvalue weighted by molar-refractivity contribution is 7.91. The van der Waals surface area contributed by atoms with Crippen molar-refractivity contribution >= 4 is 70.4 Å². The van der Waals surface area contributed by atoms with Gasteiger partial charge in [-0.25, -0.2) is 22.0 Å². The van der Waals surface area contributed by atoms with Crippen molar-refractivity contribution in [2.75, 3.05) is 26.3 Å². The van der Waals surface area contributed by atoms with Gasteiger partial charge in [-0.2, -0.15) is 9.30 Å². The number of hydrogen-bond acceptors (Lipinski definition) is 8. The smallest absolute Gasteiger partial charge is 0.252 e. The lowest BCUT2D eigenvalue weighted by molar-refractivity contribution is -0.122. The molecule has 0 atom stereocenters. The van der Waals surface area contributed by atoms with Crippen LogP contribution in [0.25, 0.3) is 10.2 Å². The number of amides is 1. The van der Waals surface area contributed by atoms with Crippen LogP contribution in [0.4, 0.5) is 0 Å². The maximum Gasteiger partial charge on any atom is 0.252 e. The third-order valence-corrected chi connectivity index (χ3v) is 11.3. The Morgan fingerprint density at radius 2 is 1.89 bits per heavy atom. The molecule has 3 heterocycles. The Labute approximate surface area is 222 Å². The van der Waals surface area contributed by atoms with Crippen LogP contribution in [0.5, 0.6) is 0 Å². The maximum absolute atomic E-state index is 13.1. The van der Waals surface area contributed by atoms with E-state index in [-0.39, 0.29) is 28.1 Å². The second kappa shape index (κ2) is 11.0. The molecule has 1 amide bonds. The van der Waals surface area contributed by atoms with Crippen molar-refractivity contribution < 1.29 is 26.4 Å². The zero-order valence-electron chi connectivity index (χ0n) is 19.3. The molecular formula is C21H25ClN4O6S4. The number of thiophene rings is 1. The third-order valence-electron chi connectivity index (χ3n) is 5.80. The molecule has 15 heteroatoms. The van der Waals surface area contributed by atoms with Gasteiger partial charge >= 0.3 is 0 Å². The quantitative estimate of drug-likeness (QED) is 0.399. The van der Waals surface area contributed by atoms with E-state index in [4.69, 9.17) is 21.5 Å². The number of carbonyl (C=O) groups excluding carboxylic acids is 1. The zero-order chi connectivity index (χ0) is 26.1.